The monoisotopic (exact) mass is 343 g/mol. The lowest BCUT2D eigenvalue weighted by molar-refractivity contribution is -0.117. The molecule has 3 aromatic carbocycles. The summed E-state index contributed by atoms with van der Waals surface area (Å²) in [5.41, 5.74) is 3.95. The molecule has 0 aliphatic carbocycles. The Labute approximate surface area is 153 Å². The van der Waals surface area contributed by atoms with Gasteiger partial charge in [0.2, 0.25) is 5.91 Å². The molecule has 0 saturated carbocycles. The number of aryl methyl sites for hydroxylation is 1. The second-order valence-electron chi connectivity index (χ2n) is 6.40. The molecule has 0 fully saturated rings. The van der Waals surface area contributed by atoms with Crippen molar-refractivity contribution in [3.8, 4) is 0 Å². The first-order chi connectivity index (χ1) is 12.5. The molecule has 0 saturated heterocycles. The van der Waals surface area contributed by atoms with Crippen LogP contribution in [0.2, 0.25) is 0 Å². The number of rotatable bonds is 5. The van der Waals surface area contributed by atoms with E-state index in [4.69, 9.17) is 0 Å². The minimum atomic E-state index is -0.361. The van der Waals surface area contributed by atoms with Crippen molar-refractivity contribution in [2.75, 3.05) is 5.32 Å². The summed E-state index contributed by atoms with van der Waals surface area (Å²) in [6.45, 7) is 3.85. The third kappa shape index (κ3) is 4.06. The highest BCUT2D eigenvalue weighted by Gasteiger charge is 2.17. The molecule has 0 unspecified atom stereocenters. The average Bonchev–Trinajstić information content (AvgIpc) is 2.69. The Balaban J connectivity index is 1.77. The van der Waals surface area contributed by atoms with Gasteiger partial charge in [-0.3, -0.25) is 9.59 Å². The molecule has 0 aromatic heterocycles. The summed E-state index contributed by atoms with van der Waals surface area (Å²) in [5.74, 6) is -0.503. The van der Waals surface area contributed by atoms with Crippen LogP contribution in [0.4, 0.5) is 5.69 Å². The van der Waals surface area contributed by atoms with E-state index in [2.05, 4.69) is 5.32 Å². The Morgan fingerprint density at radius 2 is 1.46 bits per heavy atom. The maximum Gasteiger partial charge on any atom is 0.231 e. The highest BCUT2D eigenvalue weighted by atomic mass is 16.2. The van der Waals surface area contributed by atoms with Crippen LogP contribution in [-0.4, -0.2) is 11.7 Å². The Morgan fingerprint density at radius 1 is 0.808 bits per heavy atom. The summed E-state index contributed by atoms with van der Waals surface area (Å²) in [7, 11) is 0. The van der Waals surface area contributed by atoms with Crippen LogP contribution in [0.5, 0.6) is 0 Å². The fraction of sp³-hybridized carbons (Fsp3) is 0.130. The standard InChI is InChI=1S/C23H21NO2/c1-16-11-13-21(14-12-16)24-23(26)17(2)19-9-6-10-20(15-19)22(25)18-7-4-3-5-8-18/h3-15,17H,1-2H3,(H,24,26)/t17-/m0/s1. The summed E-state index contributed by atoms with van der Waals surface area (Å²) in [6, 6.07) is 24.1. The van der Waals surface area contributed by atoms with E-state index in [1.807, 2.05) is 68.4 Å². The van der Waals surface area contributed by atoms with Gasteiger partial charge in [-0.05, 0) is 37.6 Å². The Bertz CT molecular complexity index is 914. The maximum absolute atomic E-state index is 12.6. The van der Waals surface area contributed by atoms with Crippen molar-refractivity contribution < 1.29 is 9.59 Å². The van der Waals surface area contributed by atoms with E-state index in [9.17, 15) is 9.59 Å². The fourth-order valence-electron chi connectivity index (χ4n) is 2.74. The molecule has 0 bridgehead atoms. The van der Waals surface area contributed by atoms with Crippen LogP contribution in [0.25, 0.3) is 0 Å². The van der Waals surface area contributed by atoms with Crippen molar-refractivity contribution in [1.82, 2.24) is 0 Å². The van der Waals surface area contributed by atoms with E-state index in [0.29, 0.717) is 11.1 Å². The first-order valence-electron chi connectivity index (χ1n) is 8.62. The van der Waals surface area contributed by atoms with Crippen molar-refractivity contribution in [2.24, 2.45) is 0 Å². The van der Waals surface area contributed by atoms with Gasteiger partial charge in [0, 0.05) is 16.8 Å². The predicted octanol–water partition coefficient (Wildman–Crippen LogP) is 4.97. The molecule has 0 aliphatic rings. The van der Waals surface area contributed by atoms with Crippen LogP contribution in [0.3, 0.4) is 0 Å². The number of carbonyl (C=O) groups excluding carboxylic acids is 2. The first kappa shape index (κ1) is 17.6. The lowest BCUT2D eigenvalue weighted by Gasteiger charge is -2.14. The molecule has 1 N–H and O–H groups in total. The molecule has 0 aliphatic heterocycles. The number of anilines is 1. The lowest BCUT2D eigenvalue weighted by atomic mass is 9.95. The highest BCUT2D eigenvalue weighted by Crippen LogP contribution is 2.21. The summed E-state index contributed by atoms with van der Waals surface area (Å²) >= 11 is 0. The molecule has 1 amide bonds. The van der Waals surface area contributed by atoms with E-state index in [1.54, 1.807) is 24.3 Å². The molecule has 0 radical (unpaired) electrons. The van der Waals surface area contributed by atoms with E-state index < -0.39 is 0 Å². The van der Waals surface area contributed by atoms with Crippen LogP contribution < -0.4 is 5.32 Å². The van der Waals surface area contributed by atoms with Gasteiger partial charge in [0.1, 0.15) is 0 Å². The van der Waals surface area contributed by atoms with Gasteiger partial charge >= 0.3 is 0 Å². The highest BCUT2D eigenvalue weighted by molar-refractivity contribution is 6.09. The molecule has 3 heteroatoms. The van der Waals surface area contributed by atoms with E-state index in [0.717, 1.165) is 16.8 Å². The SMILES string of the molecule is Cc1ccc(NC(=O)[C@@H](C)c2cccc(C(=O)c3ccccc3)c2)cc1. The maximum atomic E-state index is 12.6. The smallest absolute Gasteiger partial charge is 0.231 e. The molecule has 1 atom stereocenters. The van der Waals surface area contributed by atoms with Gasteiger partial charge in [-0.2, -0.15) is 0 Å². The van der Waals surface area contributed by atoms with Crippen molar-refractivity contribution in [1.29, 1.82) is 0 Å². The van der Waals surface area contributed by atoms with Crippen LogP contribution in [0, 0.1) is 6.92 Å². The van der Waals surface area contributed by atoms with E-state index in [1.165, 1.54) is 0 Å². The van der Waals surface area contributed by atoms with Gasteiger partial charge < -0.3 is 5.32 Å². The zero-order valence-corrected chi connectivity index (χ0v) is 14.9. The molecule has 0 heterocycles. The summed E-state index contributed by atoms with van der Waals surface area (Å²) in [5, 5.41) is 2.92. The van der Waals surface area contributed by atoms with Gasteiger partial charge in [0.25, 0.3) is 0 Å². The first-order valence-corrected chi connectivity index (χ1v) is 8.62. The average molecular weight is 343 g/mol. The molecular weight excluding hydrogens is 322 g/mol. The Morgan fingerprint density at radius 3 is 2.15 bits per heavy atom. The van der Waals surface area contributed by atoms with Crippen molar-refractivity contribution in [2.45, 2.75) is 19.8 Å². The van der Waals surface area contributed by atoms with Crippen LogP contribution in [0.1, 0.15) is 39.9 Å². The molecular formula is C23H21NO2. The summed E-state index contributed by atoms with van der Waals surface area (Å²) < 4.78 is 0. The number of hydrogen-bond acceptors (Lipinski definition) is 2. The molecule has 3 aromatic rings. The number of amides is 1. The molecule has 130 valence electrons. The topological polar surface area (TPSA) is 46.2 Å². The second kappa shape index (κ2) is 7.79. The predicted molar refractivity (Wildman–Crippen MR) is 105 cm³/mol. The third-order valence-corrected chi connectivity index (χ3v) is 4.40. The number of carbonyl (C=O) groups is 2. The van der Waals surface area contributed by atoms with E-state index in [-0.39, 0.29) is 17.6 Å². The summed E-state index contributed by atoms with van der Waals surface area (Å²) in [6.07, 6.45) is 0. The molecule has 3 nitrogen and oxygen atoms in total. The number of nitrogens with one attached hydrogen (secondary N) is 1. The van der Waals surface area contributed by atoms with Crippen LogP contribution in [-0.2, 0) is 4.79 Å². The number of benzene rings is 3. The van der Waals surface area contributed by atoms with Crippen LogP contribution >= 0.6 is 0 Å². The van der Waals surface area contributed by atoms with Crippen molar-refractivity contribution >= 4 is 17.4 Å². The molecule has 0 spiro atoms. The quantitative estimate of drug-likeness (QED) is 0.665. The Kier molecular flexibility index (Phi) is 5.28. The zero-order valence-electron chi connectivity index (χ0n) is 14.9. The number of hydrogen-bond donors (Lipinski definition) is 1. The lowest BCUT2D eigenvalue weighted by Crippen LogP contribution is -2.19. The summed E-state index contributed by atoms with van der Waals surface area (Å²) in [4.78, 5) is 25.2. The zero-order chi connectivity index (χ0) is 18.5. The molecule has 26 heavy (non-hydrogen) atoms. The van der Waals surface area contributed by atoms with Gasteiger partial charge in [-0.1, -0.05) is 66.2 Å². The minimum absolute atomic E-state index is 0.0430. The largest absolute Gasteiger partial charge is 0.326 e. The fourth-order valence-corrected chi connectivity index (χ4v) is 2.74. The Hall–Kier alpha value is -3.20. The minimum Gasteiger partial charge on any atom is -0.326 e. The number of ketones is 1. The second-order valence-corrected chi connectivity index (χ2v) is 6.40. The normalized spacial score (nSPS) is 11.6. The van der Waals surface area contributed by atoms with Gasteiger partial charge in [0.15, 0.2) is 5.78 Å². The van der Waals surface area contributed by atoms with Crippen LogP contribution in [0.15, 0.2) is 78.9 Å². The van der Waals surface area contributed by atoms with Crippen molar-refractivity contribution in [3.05, 3.63) is 101 Å². The van der Waals surface area contributed by atoms with Gasteiger partial charge in [0.05, 0.1) is 5.92 Å². The third-order valence-electron chi connectivity index (χ3n) is 4.40. The van der Waals surface area contributed by atoms with E-state index >= 15 is 0 Å². The van der Waals surface area contributed by atoms with Gasteiger partial charge in [-0.25, -0.2) is 0 Å². The van der Waals surface area contributed by atoms with Crippen molar-refractivity contribution in [3.63, 3.8) is 0 Å². The van der Waals surface area contributed by atoms with Gasteiger partial charge in [-0.15, -0.1) is 0 Å². The molecule has 3 rings (SSSR count).